The molecule has 112 valence electrons. The molecular formula is C13H16IN5O2. The highest BCUT2D eigenvalue weighted by molar-refractivity contribution is 14.1. The van der Waals surface area contributed by atoms with Gasteiger partial charge in [-0.25, -0.2) is 0 Å². The predicted octanol–water partition coefficient (Wildman–Crippen LogP) is 1.98. The number of nitrogens with one attached hydrogen (secondary N) is 1. The van der Waals surface area contributed by atoms with Gasteiger partial charge in [-0.05, 0) is 35.4 Å². The summed E-state index contributed by atoms with van der Waals surface area (Å²) >= 11 is 2.18. The van der Waals surface area contributed by atoms with Crippen molar-refractivity contribution < 1.29 is 9.32 Å². The summed E-state index contributed by atoms with van der Waals surface area (Å²) in [5.41, 5.74) is 0. The molecule has 8 heteroatoms. The third-order valence-corrected chi connectivity index (χ3v) is 4.06. The van der Waals surface area contributed by atoms with Crippen LogP contribution in [0.2, 0.25) is 0 Å². The first-order valence-corrected chi connectivity index (χ1v) is 8.10. The van der Waals surface area contributed by atoms with E-state index in [1.54, 1.807) is 10.9 Å². The van der Waals surface area contributed by atoms with Crippen LogP contribution < -0.4 is 5.32 Å². The lowest BCUT2D eigenvalue weighted by Crippen LogP contribution is -2.36. The van der Waals surface area contributed by atoms with Gasteiger partial charge in [0.1, 0.15) is 6.54 Å². The average molecular weight is 401 g/mol. The Bertz CT molecular complexity index is 618. The van der Waals surface area contributed by atoms with E-state index in [0.29, 0.717) is 12.4 Å². The van der Waals surface area contributed by atoms with Gasteiger partial charge in [-0.2, -0.15) is 10.1 Å². The lowest BCUT2D eigenvalue weighted by Gasteiger charge is -2.21. The van der Waals surface area contributed by atoms with Crippen molar-refractivity contribution in [3.8, 4) is 0 Å². The van der Waals surface area contributed by atoms with Gasteiger partial charge >= 0.3 is 11.8 Å². The van der Waals surface area contributed by atoms with Crippen LogP contribution in [-0.2, 0) is 6.54 Å². The molecule has 2 aromatic rings. The third kappa shape index (κ3) is 3.80. The molecule has 0 atom stereocenters. The first kappa shape index (κ1) is 14.5. The monoisotopic (exact) mass is 401 g/mol. The minimum Gasteiger partial charge on any atom is -0.345 e. The van der Waals surface area contributed by atoms with Gasteiger partial charge < -0.3 is 9.84 Å². The Hall–Kier alpha value is -1.45. The molecule has 0 radical (unpaired) electrons. The van der Waals surface area contributed by atoms with Crippen LogP contribution in [0.1, 0.15) is 48.6 Å². The van der Waals surface area contributed by atoms with E-state index in [4.69, 9.17) is 4.52 Å². The highest BCUT2D eigenvalue weighted by atomic mass is 127. The maximum absolute atomic E-state index is 12.1. The van der Waals surface area contributed by atoms with Crippen LogP contribution in [0.15, 0.2) is 16.9 Å². The van der Waals surface area contributed by atoms with Crippen LogP contribution in [0.25, 0.3) is 0 Å². The molecular weight excluding hydrogens is 385 g/mol. The van der Waals surface area contributed by atoms with Gasteiger partial charge in [0.05, 0.1) is 9.77 Å². The van der Waals surface area contributed by atoms with Crippen LogP contribution in [-0.4, -0.2) is 31.9 Å². The zero-order valence-electron chi connectivity index (χ0n) is 11.5. The van der Waals surface area contributed by atoms with Crippen molar-refractivity contribution in [2.75, 3.05) is 0 Å². The number of carbonyl (C=O) groups excluding carboxylic acids is 1. The first-order chi connectivity index (χ1) is 10.2. The number of hydrogen-bond donors (Lipinski definition) is 1. The van der Waals surface area contributed by atoms with Gasteiger partial charge in [0.15, 0.2) is 5.82 Å². The van der Waals surface area contributed by atoms with Crippen LogP contribution >= 0.6 is 22.6 Å². The second kappa shape index (κ2) is 6.54. The summed E-state index contributed by atoms with van der Waals surface area (Å²) in [6.45, 7) is 0.392. The highest BCUT2D eigenvalue weighted by Crippen LogP contribution is 2.17. The summed E-state index contributed by atoms with van der Waals surface area (Å²) in [5.74, 6) is 0.191. The van der Waals surface area contributed by atoms with E-state index in [0.717, 1.165) is 29.3 Å². The van der Waals surface area contributed by atoms with E-state index >= 15 is 0 Å². The zero-order chi connectivity index (χ0) is 14.7. The van der Waals surface area contributed by atoms with Crippen molar-refractivity contribution in [1.82, 2.24) is 25.2 Å². The molecule has 0 spiro atoms. The molecule has 0 aliphatic heterocycles. The van der Waals surface area contributed by atoms with Gasteiger partial charge in [-0.1, -0.05) is 24.4 Å². The summed E-state index contributed by atoms with van der Waals surface area (Å²) in [6, 6.07) is 0.231. The number of carbonyl (C=O) groups is 1. The maximum atomic E-state index is 12.1. The average Bonchev–Trinajstić information content (AvgIpc) is 3.10. The Morgan fingerprint density at radius 2 is 2.24 bits per heavy atom. The predicted molar refractivity (Wildman–Crippen MR) is 82.7 cm³/mol. The van der Waals surface area contributed by atoms with E-state index in [1.807, 2.05) is 6.20 Å². The van der Waals surface area contributed by atoms with Gasteiger partial charge in [-0.15, -0.1) is 0 Å². The fraction of sp³-hybridized carbons (Fsp3) is 0.538. The second-order valence-electron chi connectivity index (χ2n) is 5.18. The van der Waals surface area contributed by atoms with Crippen molar-refractivity contribution in [1.29, 1.82) is 0 Å². The Balaban J connectivity index is 1.59. The molecule has 2 aromatic heterocycles. The summed E-state index contributed by atoms with van der Waals surface area (Å²) in [7, 11) is 0. The van der Waals surface area contributed by atoms with Crippen LogP contribution in [0, 0.1) is 3.57 Å². The van der Waals surface area contributed by atoms with E-state index in [2.05, 4.69) is 43.1 Å². The molecule has 1 amide bonds. The molecule has 1 fully saturated rings. The minimum absolute atomic E-state index is 0.0254. The smallest absolute Gasteiger partial charge is 0.316 e. The number of hydrogen-bond acceptors (Lipinski definition) is 5. The summed E-state index contributed by atoms with van der Waals surface area (Å²) in [6.07, 6.45) is 9.25. The van der Waals surface area contributed by atoms with Crippen molar-refractivity contribution in [3.63, 3.8) is 0 Å². The molecule has 3 rings (SSSR count). The SMILES string of the molecule is O=C(NC1CCCCC1)c1nc(Cn2cc(I)cn2)no1. The van der Waals surface area contributed by atoms with Gasteiger partial charge in [0.25, 0.3) is 0 Å². The number of aromatic nitrogens is 4. The van der Waals surface area contributed by atoms with E-state index < -0.39 is 0 Å². The molecule has 0 bridgehead atoms. The summed E-state index contributed by atoms with van der Waals surface area (Å²) in [4.78, 5) is 16.2. The minimum atomic E-state index is -0.282. The van der Waals surface area contributed by atoms with Crippen LogP contribution in [0.4, 0.5) is 0 Å². The van der Waals surface area contributed by atoms with E-state index in [-0.39, 0.29) is 17.8 Å². The number of halogens is 1. The van der Waals surface area contributed by atoms with E-state index in [1.165, 1.54) is 6.42 Å². The molecule has 0 aromatic carbocycles. The molecule has 21 heavy (non-hydrogen) atoms. The molecule has 1 saturated carbocycles. The quantitative estimate of drug-likeness (QED) is 0.792. The Morgan fingerprint density at radius 3 is 2.95 bits per heavy atom. The molecule has 1 N–H and O–H groups in total. The maximum Gasteiger partial charge on any atom is 0.316 e. The number of rotatable bonds is 4. The van der Waals surface area contributed by atoms with Gasteiger partial charge in [0, 0.05) is 12.2 Å². The molecule has 2 heterocycles. The van der Waals surface area contributed by atoms with Crippen LogP contribution in [0.5, 0.6) is 0 Å². The lowest BCUT2D eigenvalue weighted by atomic mass is 9.95. The summed E-state index contributed by atoms with van der Waals surface area (Å²) < 4.78 is 7.77. The zero-order valence-corrected chi connectivity index (χ0v) is 13.6. The highest BCUT2D eigenvalue weighted by Gasteiger charge is 2.21. The van der Waals surface area contributed by atoms with Crippen molar-refractivity contribution in [2.24, 2.45) is 0 Å². The normalized spacial score (nSPS) is 16.0. The van der Waals surface area contributed by atoms with Crippen molar-refractivity contribution >= 4 is 28.5 Å². The second-order valence-corrected chi connectivity index (χ2v) is 6.43. The van der Waals surface area contributed by atoms with Gasteiger partial charge in [-0.3, -0.25) is 9.48 Å². The lowest BCUT2D eigenvalue weighted by molar-refractivity contribution is 0.0883. The fourth-order valence-corrected chi connectivity index (χ4v) is 2.92. The van der Waals surface area contributed by atoms with Crippen molar-refractivity contribution in [3.05, 3.63) is 27.7 Å². The molecule has 1 aliphatic rings. The number of nitrogens with zero attached hydrogens (tertiary/aromatic N) is 4. The van der Waals surface area contributed by atoms with Gasteiger partial charge in [0.2, 0.25) is 0 Å². The molecule has 0 unspecified atom stereocenters. The van der Waals surface area contributed by atoms with Crippen molar-refractivity contribution in [2.45, 2.75) is 44.7 Å². The third-order valence-electron chi connectivity index (χ3n) is 3.51. The fourth-order valence-electron chi connectivity index (χ4n) is 2.47. The van der Waals surface area contributed by atoms with Crippen LogP contribution in [0.3, 0.4) is 0 Å². The largest absolute Gasteiger partial charge is 0.345 e. The summed E-state index contributed by atoms with van der Waals surface area (Å²) in [5, 5.41) is 10.9. The Labute approximate surface area is 135 Å². The molecule has 0 saturated heterocycles. The number of amides is 1. The molecule has 1 aliphatic carbocycles. The Kier molecular flexibility index (Phi) is 4.51. The topological polar surface area (TPSA) is 85.8 Å². The first-order valence-electron chi connectivity index (χ1n) is 7.02. The molecule has 7 nitrogen and oxygen atoms in total. The standard InChI is InChI=1S/C13H16IN5O2/c14-9-6-15-19(7-9)8-11-17-13(21-18-11)12(20)16-10-4-2-1-3-5-10/h6-7,10H,1-5,8H2,(H,16,20). The Morgan fingerprint density at radius 1 is 1.43 bits per heavy atom. The van der Waals surface area contributed by atoms with E-state index in [9.17, 15) is 4.79 Å².